The second-order valence-electron chi connectivity index (χ2n) is 16.8. The molecular weight excluding hydrogens is 711 g/mol. The highest BCUT2D eigenvalue weighted by molar-refractivity contribution is 6.39. The summed E-state index contributed by atoms with van der Waals surface area (Å²) in [5.41, 5.74) is 3.06. The van der Waals surface area contributed by atoms with Crippen molar-refractivity contribution in [1.82, 2.24) is 0 Å². The Balaban J connectivity index is 1.48. The van der Waals surface area contributed by atoms with E-state index in [-0.39, 0.29) is 34.6 Å². The summed E-state index contributed by atoms with van der Waals surface area (Å²) < 4.78 is 5.90. The summed E-state index contributed by atoms with van der Waals surface area (Å²) in [6, 6.07) is 3.12. The molecule has 5 aromatic rings. The molecule has 2 fully saturated rings. The Morgan fingerprint density at radius 2 is 1.38 bits per heavy atom. The number of anilines is 1. The lowest BCUT2D eigenvalue weighted by Gasteiger charge is -2.27. The zero-order valence-electron chi connectivity index (χ0n) is 32.6. The van der Waals surface area contributed by atoms with Gasteiger partial charge in [-0.05, 0) is 147 Å². The molecule has 6 N–H and O–H groups in total. The number of aliphatic hydroxyl groups excluding tert-OH is 4. The molecule has 0 saturated heterocycles. The number of allylic oxidation sites excluding steroid dienone is 1. The zero-order valence-corrected chi connectivity index (χ0v) is 32.6. The fourth-order valence-electron chi connectivity index (χ4n) is 10.7. The van der Waals surface area contributed by atoms with Crippen LogP contribution in [0.5, 0.6) is 11.5 Å². The van der Waals surface area contributed by atoms with Crippen LogP contribution in [-0.2, 0) is 24.4 Å². The Morgan fingerprint density at radius 1 is 0.786 bits per heavy atom. The van der Waals surface area contributed by atoms with Crippen LogP contribution < -0.4 is 20.9 Å². The lowest BCUT2D eigenvalue weighted by atomic mass is 9.78. The summed E-state index contributed by atoms with van der Waals surface area (Å²) in [5.74, 6) is -0.556. The van der Waals surface area contributed by atoms with E-state index < -0.39 is 30.3 Å². The van der Waals surface area contributed by atoms with Gasteiger partial charge in [-0.2, -0.15) is 0 Å². The Hall–Kier alpha value is -4.35. The van der Waals surface area contributed by atoms with Gasteiger partial charge in [0.2, 0.25) is 0 Å². The summed E-state index contributed by atoms with van der Waals surface area (Å²) in [5, 5.41) is 61.2. The summed E-state index contributed by atoms with van der Waals surface area (Å²) in [7, 11) is 1.40. The van der Waals surface area contributed by atoms with Gasteiger partial charge in [0.25, 0.3) is 0 Å². The Morgan fingerprint density at radius 3 is 1.96 bits per heavy atom. The topological polar surface area (TPSA) is 174 Å². The molecule has 1 atom stereocenters. The predicted octanol–water partition coefficient (Wildman–Crippen LogP) is 6.91. The number of fused-ring (bicyclic) bond motifs is 1. The average molecular weight is 764 g/mol. The van der Waals surface area contributed by atoms with Gasteiger partial charge in [-0.1, -0.05) is 18.1 Å². The van der Waals surface area contributed by atoms with Crippen LogP contribution in [0.3, 0.4) is 0 Å². The minimum absolute atomic E-state index is 0.00432. The zero-order chi connectivity index (χ0) is 39.6. The number of hydrogen-bond donors (Lipinski definition) is 6. The molecule has 0 amide bonds. The number of carbonyl (C=O) groups excluding carboxylic acids is 1. The van der Waals surface area contributed by atoms with Crippen molar-refractivity contribution in [3.8, 4) is 11.5 Å². The maximum Gasteiger partial charge on any atom is 0.192 e. The SMILES string of the molecule is COc1c(O)c2c(=O)cc(CO)c3c4c(CO)cc(NCCC5CCC(O)CC5)c5c(=O)c(CCCC6CCC(O)CC6)c6c(c(c1C(C(C)=O)C(C)=C6)c23)c54. The fourth-order valence-corrected chi connectivity index (χ4v) is 10.7. The third-order valence-electron chi connectivity index (χ3n) is 13.5. The number of rotatable bonds is 12. The minimum Gasteiger partial charge on any atom is -0.504 e. The van der Waals surface area contributed by atoms with Gasteiger partial charge < -0.3 is 35.6 Å². The second-order valence-corrected chi connectivity index (χ2v) is 16.8. The van der Waals surface area contributed by atoms with E-state index in [4.69, 9.17) is 4.74 Å². The molecule has 0 aromatic heterocycles. The molecule has 0 heterocycles. The van der Waals surface area contributed by atoms with Crippen LogP contribution in [-0.4, -0.2) is 57.2 Å². The molecule has 10 heteroatoms. The minimum atomic E-state index is -0.871. The number of ketones is 1. The quantitative estimate of drug-likeness (QED) is 0.0579. The van der Waals surface area contributed by atoms with E-state index in [1.165, 1.54) is 20.1 Å². The molecular formula is C46H53NO9. The van der Waals surface area contributed by atoms with Crippen molar-refractivity contribution in [1.29, 1.82) is 0 Å². The number of aromatic hydroxyl groups is 1. The molecule has 0 bridgehead atoms. The Labute approximate surface area is 325 Å². The van der Waals surface area contributed by atoms with Crippen LogP contribution in [0.2, 0.25) is 0 Å². The van der Waals surface area contributed by atoms with E-state index in [0.717, 1.165) is 70.6 Å². The number of hydrogen-bond acceptors (Lipinski definition) is 10. The molecule has 0 radical (unpaired) electrons. The van der Waals surface area contributed by atoms with E-state index in [0.29, 0.717) is 102 Å². The number of nitrogens with one attached hydrogen (secondary N) is 1. The van der Waals surface area contributed by atoms with Crippen molar-refractivity contribution in [3.05, 3.63) is 66.0 Å². The van der Waals surface area contributed by atoms with Gasteiger partial charge in [-0.15, -0.1) is 0 Å². The summed E-state index contributed by atoms with van der Waals surface area (Å²) in [4.78, 5) is 43.1. The van der Waals surface area contributed by atoms with Crippen molar-refractivity contribution in [3.63, 3.8) is 0 Å². The highest BCUT2D eigenvalue weighted by atomic mass is 16.5. The van der Waals surface area contributed by atoms with E-state index in [9.17, 15) is 35.1 Å². The summed E-state index contributed by atoms with van der Waals surface area (Å²) in [6.07, 6.45) is 11.2. The highest BCUT2D eigenvalue weighted by Crippen LogP contribution is 2.55. The molecule has 3 aliphatic rings. The first-order valence-electron chi connectivity index (χ1n) is 20.4. The van der Waals surface area contributed by atoms with Gasteiger partial charge in [0.15, 0.2) is 22.4 Å². The van der Waals surface area contributed by atoms with E-state index in [2.05, 4.69) is 5.32 Å². The Bertz CT molecular complexity index is 2490. The maximum atomic E-state index is 15.4. The number of Topliss-reactive ketones (excluding diaryl/α,β-unsaturated/α-hetero) is 1. The van der Waals surface area contributed by atoms with Crippen molar-refractivity contribution >= 4 is 60.6 Å². The summed E-state index contributed by atoms with van der Waals surface area (Å²) in [6.45, 7) is 3.00. The maximum absolute atomic E-state index is 15.4. The van der Waals surface area contributed by atoms with Crippen LogP contribution in [0.15, 0.2) is 27.3 Å². The van der Waals surface area contributed by atoms with E-state index >= 15 is 4.79 Å². The molecule has 5 aromatic carbocycles. The highest BCUT2D eigenvalue weighted by Gasteiger charge is 2.37. The lowest BCUT2D eigenvalue weighted by molar-refractivity contribution is -0.117. The standard InChI is InChI=1S/C46H53NO9/c1-22-17-31-30(6-4-5-24-7-11-28(51)12-8-24)44(54)38-32(47-16-15-25-9-13-29(52)14-10-25)18-26(20-48)35-36-27(21-49)19-33(53)39-41(36)42(37(31)40(35)38)43(34(22)23(2)50)46(56-3)45(39)55/h17-19,24-25,28-29,34,47-49,51-52,55H,4-16,20-21H2,1-3H3. The van der Waals surface area contributed by atoms with Gasteiger partial charge in [0, 0.05) is 34.1 Å². The molecule has 3 aliphatic carbocycles. The largest absolute Gasteiger partial charge is 0.504 e. The molecule has 2 saturated carbocycles. The summed E-state index contributed by atoms with van der Waals surface area (Å²) >= 11 is 0. The number of carbonyl (C=O) groups is 1. The first kappa shape index (κ1) is 38.5. The van der Waals surface area contributed by atoms with Crippen LogP contribution in [0.4, 0.5) is 5.69 Å². The average Bonchev–Trinajstić information content (AvgIpc) is 3.31. The van der Waals surface area contributed by atoms with E-state index in [1.807, 2.05) is 19.1 Å². The molecule has 1 unspecified atom stereocenters. The first-order valence-corrected chi connectivity index (χ1v) is 20.4. The van der Waals surface area contributed by atoms with Crippen LogP contribution in [0.25, 0.3) is 49.2 Å². The number of benzene rings is 5. The van der Waals surface area contributed by atoms with Crippen molar-refractivity contribution in [2.75, 3.05) is 19.0 Å². The van der Waals surface area contributed by atoms with Gasteiger partial charge in [0.05, 0.1) is 49.2 Å². The smallest absolute Gasteiger partial charge is 0.192 e. The van der Waals surface area contributed by atoms with Gasteiger partial charge in [-0.3, -0.25) is 14.4 Å². The fraction of sp³-hybridized carbons (Fsp3) is 0.500. The first-order chi connectivity index (χ1) is 27.0. The Kier molecular flexibility index (Phi) is 10.5. The third-order valence-corrected chi connectivity index (χ3v) is 13.5. The van der Waals surface area contributed by atoms with Crippen LogP contribution in [0, 0.1) is 11.8 Å². The number of phenolic OH excluding ortho intramolecular Hbond substituents is 1. The van der Waals surface area contributed by atoms with Gasteiger partial charge in [0.1, 0.15) is 5.78 Å². The van der Waals surface area contributed by atoms with Gasteiger partial charge >= 0.3 is 0 Å². The van der Waals surface area contributed by atoms with Crippen LogP contribution >= 0.6 is 0 Å². The number of methoxy groups -OCH3 is 1. The molecule has 296 valence electrons. The molecule has 10 nitrogen and oxygen atoms in total. The third kappa shape index (κ3) is 6.20. The molecule has 8 rings (SSSR count). The van der Waals surface area contributed by atoms with Crippen molar-refractivity contribution in [2.24, 2.45) is 11.8 Å². The van der Waals surface area contributed by atoms with Crippen molar-refractivity contribution < 1.29 is 35.1 Å². The van der Waals surface area contributed by atoms with Gasteiger partial charge in [-0.25, -0.2) is 0 Å². The second kappa shape index (κ2) is 15.2. The lowest BCUT2D eigenvalue weighted by Crippen LogP contribution is -2.21. The molecule has 0 spiro atoms. The monoisotopic (exact) mass is 763 g/mol. The van der Waals surface area contributed by atoms with E-state index in [1.54, 1.807) is 0 Å². The van der Waals surface area contributed by atoms with Crippen LogP contribution in [0.1, 0.15) is 118 Å². The molecule has 56 heavy (non-hydrogen) atoms. The number of aliphatic hydroxyl groups is 4. The molecule has 0 aliphatic heterocycles. The number of ether oxygens (including phenoxy) is 1. The predicted molar refractivity (Wildman–Crippen MR) is 220 cm³/mol. The van der Waals surface area contributed by atoms with Crippen molar-refractivity contribution in [2.45, 2.75) is 122 Å². The number of phenols is 1. The normalized spacial score (nSPS) is 22.7.